The molecular weight excluding hydrogens is 269 g/mol. The van der Waals surface area contributed by atoms with Gasteiger partial charge in [0.15, 0.2) is 0 Å². The highest BCUT2D eigenvalue weighted by atomic mass is 35.5. The molecule has 1 aromatic heterocycles. The second kappa shape index (κ2) is 5.70. The van der Waals surface area contributed by atoms with Gasteiger partial charge in [-0.25, -0.2) is 0 Å². The number of aliphatic hydroxyl groups excluding tert-OH is 1. The van der Waals surface area contributed by atoms with E-state index >= 15 is 0 Å². The van der Waals surface area contributed by atoms with Gasteiger partial charge in [-0.15, -0.1) is 0 Å². The fourth-order valence-electron chi connectivity index (χ4n) is 1.83. The summed E-state index contributed by atoms with van der Waals surface area (Å²) in [5.41, 5.74) is 1.45. The van der Waals surface area contributed by atoms with Crippen molar-refractivity contribution in [2.24, 2.45) is 0 Å². The molecular formula is C14H13Cl2NO. The molecule has 0 aliphatic heterocycles. The largest absolute Gasteiger partial charge is 0.388 e. The van der Waals surface area contributed by atoms with Crippen molar-refractivity contribution in [2.45, 2.75) is 18.9 Å². The smallest absolute Gasteiger partial charge is 0.0885 e. The number of halogens is 2. The second-order valence-corrected chi connectivity index (χ2v) is 4.92. The van der Waals surface area contributed by atoms with Crippen LogP contribution in [0.3, 0.4) is 0 Å². The standard InChI is InChI=1S/C14H13Cl2NO/c1-9(12-7-2-3-8-17-12)14(18)10-5-4-6-11(15)13(10)16/h2-9,14,18H,1H3. The van der Waals surface area contributed by atoms with Gasteiger partial charge in [-0.1, -0.05) is 48.3 Å². The molecule has 2 rings (SSSR count). The summed E-state index contributed by atoms with van der Waals surface area (Å²) in [6, 6.07) is 10.9. The van der Waals surface area contributed by atoms with Crippen LogP contribution in [0.15, 0.2) is 42.6 Å². The Morgan fingerprint density at radius 3 is 2.56 bits per heavy atom. The molecule has 1 heterocycles. The summed E-state index contributed by atoms with van der Waals surface area (Å²) in [5.74, 6) is -0.151. The molecule has 2 nitrogen and oxygen atoms in total. The van der Waals surface area contributed by atoms with Crippen LogP contribution in [0.4, 0.5) is 0 Å². The minimum Gasteiger partial charge on any atom is -0.388 e. The molecule has 1 aromatic carbocycles. The van der Waals surface area contributed by atoms with Crippen molar-refractivity contribution in [2.75, 3.05) is 0 Å². The van der Waals surface area contributed by atoms with E-state index in [4.69, 9.17) is 23.2 Å². The van der Waals surface area contributed by atoms with E-state index in [0.717, 1.165) is 5.69 Å². The van der Waals surface area contributed by atoms with Crippen LogP contribution in [0, 0.1) is 0 Å². The maximum atomic E-state index is 10.4. The predicted molar refractivity (Wildman–Crippen MR) is 74.1 cm³/mol. The third kappa shape index (κ3) is 2.66. The molecule has 0 saturated carbocycles. The molecule has 18 heavy (non-hydrogen) atoms. The van der Waals surface area contributed by atoms with Crippen LogP contribution in [-0.2, 0) is 0 Å². The van der Waals surface area contributed by atoms with Gasteiger partial charge in [-0.05, 0) is 18.2 Å². The van der Waals surface area contributed by atoms with Crippen molar-refractivity contribution in [1.29, 1.82) is 0 Å². The maximum Gasteiger partial charge on any atom is 0.0885 e. The van der Waals surface area contributed by atoms with Crippen LogP contribution in [0.1, 0.15) is 30.2 Å². The minimum absolute atomic E-state index is 0.151. The average Bonchev–Trinajstić information content (AvgIpc) is 2.41. The average molecular weight is 282 g/mol. The lowest BCUT2D eigenvalue weighted by Crippen LogP contribution is -2.09. The second-order valence-electron chi connectivity index (χ2n) is 4.13. The minimum atomic E-state index is -0.730. The molecule has 0 bridgehead atoms. The highest BCUT2D eigenvalue weighted by Crippen LogP contribution is 2.36. The summed E-state index contributed by atoms with van der Waals surface area (Å²) in [6.45, 7) is 1.91. The number of nitrogens with zero attached hydrogens (tertiary/aromatic N) is 1. The molecule has 0 fully saturated rings. The Kier molecular flexibility index (Phi) is 4.23. The van der Waals surface area contributed by atoms with Gasteiger partial charge in [0.1, 0.15) is 0 Å². The molecule has 0 aliphatic rings. The maximum absolute atomic E-state index is 10.4. The molecule has 4 heteroatoms. The van der Waals surface area contributed by atoms with Gasteiger partial charge in [0.25, 0.3) is 0 Å². The number of benzene rings is 1. The molecule has 2 atom stereocenters. The predicted octanol–water partition coefficient (Wildman–Crippen LogP) is 4.23. The van der Waals surface area contributed by atoms with E-state index in [-0.39, 0.29) is 5.92 Å². The first kappa shape index (κ1) is 13.3. The van der Waals surface area contributed by atoms with Crippen LogP contribution in [0.2, 0.25) is 10.0 Å². The zero-order valence-corrected chi connectivity index (χ0v) is 11.4. The number of hydrogen-bond donors (Lipinski definition) is 1. The Morgan fingerprint density at radius 2 is 1.89 bits per heavy atom. The Bertz CT molecular complexity index is 531. The number of rotatable bonds is 3. The van der Waals surface area contributed by atoms with Crippen molar-refractivity contribution in [3.63, 3.8) is 0 Å². The SMILES string of the molecule is CC(c1ccccn1)C(O)c1cccc(Cl)c1Cl. The van der Waals surface area contributed by atoms with Gasteiger partial charge in [0.05, 0.1) is 16.1 Å². The van der Waals surface area contributed by atoms with Gasteiger partial charge in [-0.2, -0.15) is 0 Å². The molecule has 0 amide bonds. The molecule has 2 aromatic rings. The van der Waals surface area contributed by atoms with Crippen LogP contribution in [0.25, 0.3) is 0 Å². The number of pyridine rings is 1. The Hall–Kier alpha value is -1.09. The van der Waals surface area contributed by atoms with Crippen molar-refractivity contribution < 1.29 is 5.11 Å². The molecule has 0 aliphatic carbocycles. The summed E-state index contributed by atoms with van der Waals surface area (Å²) < 4.78 is 0. The molecule has 0 saturated heterocycles. The highest BCUT2D eigenvalue weighted by molar-refractivity contribution is 6.42. The van der Waals surface area contributed by atoms with Gasteiger partial charge >= 0.3 is 0 Å². The van der Waals surface area contributed by atoms with E-state index < -0.39 is 6.10 Å². The Balaban J connectivity index is 2.31. The van der Waals surface area contributed by atoms with Crippen LogP contribution >= 0.6 is 23.2 Å². The topological polar surface area (TPSA) is 33.1 Å². The molecule has 94 valence electrons. The molecule has 1 N–H and O–H groups in total. The van der Waals surface area contributed by atoms with E-state index in [2.05, 4.69) is 4.98 Å². The lowest BCUT2D eigenvalue weighted by molar-refractivity contribution is 0.150. The Morgan fingerprint density at radius 1 is 1.11 bits per heavy atom. The van der Waals surface area contributed by atoms with Gasteiger partial charge in [0.2, 0.25) is 0 Å². The molecule has 0 spiro atoms. The molecule has 2 unspecified atom stereocenters. The zero-order valence-electron chi connectivity index (χ0n) is 9.85. The van der Waals surface area contributed by atoms with Crippen molar-refractivity contribution in [3.05, 3.63) is 63.9 Å². The van der Waals surface area contributed by atoms with Gasteiger partial charge in [-0.3, -0.25) is 4.98 Å². The third-order valence-corrected chi connectivity index (χ3v) is 3.76. The lowest BCUT2D eigenvalue weighted by atomic mass is 9.94. The highest BCUT2D eigenvalue weighted by Gasteiger charge is 2.22. The quantitative estimate of drug-likeness (QED) is 0.914. The van der Waals surface area contributed by atoms with Crippen molar-refractivity contribution in [1.82, 2.24) is 4.98 Å². The fraction of sp³-hybridized carbons (Fsp3) is 0.214. The van der Waals surface area contributed by atoms with Crippen LogP contribution in [0.5, 0.6) is 0 Å². The van der Waals surface area contributed by atoms with E-state index in [1.165, 1.54) is 0 Å². The summed E-state index contributed by atoms with van der Waals surface area (Å²) in [4.78, 5) is 4.24. The Labute approximate surface area is 116 Å². The monoisotopic (exact) mass is 281 g/mol. The molecule has 0 radical (unpaired) electrons. The number of aliphatic hydroxyl groups is 1. The first-order valence-electron chi connectivity index (χ1n) is 5.64. The van der Waals surface area contributed by atoms with Crippen molar-refractivity contribution >= 4 is 23.2 Å². The van der Waals surface area contributed by atoms with E-state index in [0.29, 0.717) is 15.6 Å². The van der Waals surface area contributed by atoms with E-state index in [1.807, 2.05) is 25.1 Å². The summed E-state index contributed by atoms with van der Waals surface area (Å²) in [5, 5.41) is 11.2. The summed E-state index contributed by atoms with van der Waals surface area (Å²) in [6.07, 6.45) is 0.976. The van der Waals surface area contributed by atoms with Crippen LogP contribution < -0.4 is 0 Å². The number of aromatic nitrogens is 1. The van der Waals surface area contributed by atoms with Gasteiger partial charge in [0, 0.05) is 23.4 Å². The van der Waals surface area contributed by atoms with Crippen molar-refractivity contribution in [3.8, 4) is 0 Å². The van der Waals surface area contributed by atoms with Crippen LogP contribution in [-0.4, -0.2) is 10.1 Å². The number of hydrogen-bond acceptors (Lipinski definition) is 2. The zero-order chi connectivity index (χ0) is 13.1. The summed E-state index contributed by atoms with van der Waals surface area (Å²) in [7, 11) is 0. The third-order valence-electron chi connectivity index (χ3n) is 2.93. The van der Waals surface area contributed by atoms with E-state index in [1.54, 1.807) is 24.4 Å². The van der Waals surface area contributed by atoms with Gasteiger partial charge < -0.3 is 5.11 Å². The first-order valence-corrected chi connectivity index (χ1v) is 6.39. The normalized spacial score (nSPS) is 14.2. The lowest BCUT2D eigenvalue weighted by Gasteiger charge is -2.20. The summed E-state index contributed by atoms with van der Waals surface area (Å²) >= 11 is 12.1. The first-order chi connectivity index (χ1) is 8.61. The van der Waals surface area contributed by atoms with E-state index in [9.17, 15) is 5.11 Å². The fourth-order valence-corrected chi connectivity index (χ4v) is 2.24.